The molecular formula is C18H14ClN3O2. The molecule has 0 saturated heterocycles. The number of nitrogens with zero attached hydrogens (tertiary/aromatic N) is 3. The molecule has 4 aromatic rings. The first kappa shape index (κ1) is 14.8. The summed E-state index contributed by atoms with van der Waals surface area (Å²) in [5.41, 5.74) is 3.47. The van der Waals surface area contributed by atoms with E-state index < -0.39 is 0 Å². The summed E-state index contributed by atoms with van der Waals surface area (Å²) in [6.45, 7) is 0.679. The Balaban J connectivity index is 1.77. The molecular weight excluding hydrogens is 326 g/mol. The molecule has 24 heavy (non-hydrogen) atoms. The number of imidazole rings is 1. The first-order valence-electron chi connectivity index (χ1n) is 7.43. The minimum Gasteiger partial charge on any atom is -0.497 e. The Hall–Kier alpha value is -2.79. The first-order valence-corrected chi connectivity index (χ1v) is 7.80. The van der Waals surface area contributed by atoms with Crippen molar-refractivity contribution in [3.8, 4) is 17.2 Å². The van der Waals surface area contributed by atoms with Crippen LogP contribution >= 0.6 is 11.6 Å². The molecule has 0 amide bonds. The van der Waals surface area contributed by atoms with Crippen LogP contribution in [0.3, 0.4) is 0 Å². The van der Waals surface area contributed by atoms with Gasteiger partial charge in [0.05, 0.1) is 25.2 Å². The van der Waals surface area contributed by atoms with Crippen molar-refractivity contribution < 1.29 is 9.15 Å². The van der Waals surface area contributed by atoms with Crippen LogP contribution in [-0.2, 0) is 6.54 Å². The average molecular weight is 340 g/mol. The van der Waals surface area contributed by atoms with Gasteiger partial charge in [-0.15, -0.1) is 0 Å². The van der Waals surface area contributed by atoms with Crippen LogP contribution in [0.25, 0.3) is 22.5 Å². The van der Waals surface area contributed by atoms with Crippen molar-refractivity contribution in [3.63, 3.8) is 0 Å². The lowest BCUT2D eigenvalue weighted by molar-refractivity contribution is 0.414. The lowest BCUT2D eigenvalue weighted by atomic mass is 10.2. The number of hydrogen-bond acceptors (Lipinski definition) is 4. The molecule has 0 spiro atoms. The second kappa shape index (κ2) is 6.02. The van der Waals surface area contributed by atoms with E-state index in [0.29, 0.717) is 23.2 Å². The molecule has 1 aromatic carbocycles. The maximum atomic E-state index is 6.20. The number of halogens is 1. The van der Waals surface area contributed by atoms with Crippen LogP contribution in [0.2, 0.25) is 5.15 Å². The van der Waals surface area contributed by atoms with Crippen LogP contribution in [0.5, 0.6) is 5.75 Å². The van der Waals surface area contributed by atoms with Gasteiger partial charge in [-0.2, -0.15) is 0 Å². The summed E-state index contributed by atoms with van der Waals surface area (Å²) in [5, 5.41) is 0.408. The van der Waals surface area contributed by atoms with E-state index in [4.69, 9.17) is 20.8 Å². The Kier molecular flexibility index (Phi) is 3.70. The smallest absolute Gasteiger partial charge is 0.154 e. The summed E-state index contributed by atoms with van der Waals surface area (Å²) >= 11 is 6.20. The second-order valence-electron chi connectivity index (χ2n) is 5.36. The van der Waals surface area contributed by atoms with E-state index >= 15 is 0 Å². The number of fused-ring (bicyclic) bond motifs is 1. The zero-order chi connectivity index (χ0) is 16.5. The molecule has 0 aliphatic rings. The Morgan fingerprint density at radius 1 is 1.21 bits per heavy atom. The van der Waals surface area contributed by atoms with Gasteiger partial charge in [-0.3, -0.25) is 0 Å². The molecule has 0 atom stereocenters. The first-order chi connectivity index (χ1) is 11.7. The maximum absolute atomic E-state index is 6.20. The molecule has 0 N–H and O–H groups in total. The third kappa shape index (κ3) is 2.63. The standard InChI is InChI=1S/C18H14ClN3O2/c1-23-13-6-4-12(5-7-13)10-22-11-20-17-14(22)9-16(19)21-18(17)15-3-2-8-24-15/h2-9,11H,10H2,1H3. The minimum absolute atomic E-state index is 0.408. The van der Waals surface area contributed by atoms with Crippen LogP contribution in [0.15, 0.2) is 59.5 Å². The summed E-state index contributed by atoms with van der Waals surface area (Å²) in [7, 11) is 1.66. The number of rotatable bonds is 4. The monoisotopic (exact) mass is 339 g/mol. The molecule has 3 heterocycles. The minimum atomic E-state index is 0.408. The Morgan fingerprint density at radius 3 is 2.75 bits per heavy atom. The summed E-state index contributed by atoms with van der Waals surface area (Å²) in [4.78, 5) is 8.87. The fourth-order valence-electron chi connectivity index (χ4n) is 2.67. The zero-order valence-corrected chi connectivity index (χ0v) is 13.7. The molecule has 4 rings (SSSR count). The van der Waals surface area contributed by atoms with E-state index in [1.54, 1.807) is 19.7 Å². The van der Waals surface area contributed by atoms with E-state index in [0.717, 1.165) is 22.3 Å². The van der Waals surface area contributed by atoms with Gasteiger partial charge in [0, 0.05) is 12.6 Å². The Labute approximate surface area is 143 Å². The zero-order valence-electron chi connectivity index (χ0n) is 12.9. The molecule has 3 aromatic heterocycles. The van der Waals surface area contributed by atoms with Crippen molar-refractivity contribution in [2.75, 3.05) is 7.11 Å². The van der Waals surface area contributed by atoms with Crippen LogP contribution < -0.4 is 4.74 Å². The van der Waals surface area contributed by atoms with E-state index in [1.807, 2.05) is 47.0 Å². The van der Waals surface area contributed by atoms with E-state index in [1.165, 1.54) is 0 Å². The van der Waals surface area contributed by atoms with Crippen LogP contribution in [0.1, 0.15) is 5.56 Å². The summed E-state index contributed by atoms with van der Waals surface area (Å²) < 4.78 is 12.7. The topological polar surface area (TPSA) is 53.1 Å². The molecule has 0 unspecified atom stereocenters. The van der Waals surface area contributed by atoms with Gasteiger partial charge < -0.3 is 13.7 Å². The molecule has 120 valence electrons. The molecule has 0 radical (unpaired) electrons. The SMILES string of the molecule is COc1ccc(Cn2cnc3c(-c4ccco4)nc(Cl)cc32)cc1. The van der Waals surface area contributed by atoms with E-state index in [2.05, 4.69) is 9.97 Å². The predicted molar refractivity (Wildman–Crippen MR) is 92.3 cm³/mol. The van der Waals surface area contributed by atoms with Crippen molar-refractivity contribution in [2.24, 2.45) is 0 Å². The lowest BCUT2D eigenvalue weighted by Crippen LogP contribution is -1.98. The lowest BCUT2D eigenvalue weighted by Gasteiger charge is -2.07. The van der Waals surface area contributed by atoms with Gasteiger partial charge >= 0.3 is 0 Å². The molecule has 5 nitrogen and oxygen atoms in total. The fourth-order valence-corrected chi connectivity index (χ4v) is 2.86. The third-order valence-electron chi connectivity index (χ3n) is 3.84. The highest BCUT2D eigenvalue weighted by Crippen LogP contribution is 2.29. The Bertz CT molecular complexity index is 976. The molecule has 0 saturated carbocycles. The van der Waals surface area contributed by atoms with Gasteiger partial charge in [0.1, 0.15) is 22.1 Å². The van der Waals surface area contributed by atoms with Crippen molar-refractivity contribution in [1.82, 2.24) is 14.5 Å². The number of benzene rings is 1. The van der Waals surface area contributed by atoms with Crippen LogP contribution in [-0.4, -0.2) is 21.6 Å². The highest BCUT2D eigenvalue weighted by atomic mass is 35.5. The van der Waals surface area contributed by atoms with Gasteiger partial charge in [-0.05, 0) is 29.8 Å². The summed E-state index contributed by atoms with van der Waals surface area (Å²) in [6.07, 6.45) is 3.40. The Morgan fingerprint density at radius 2 is 2.04 bits per heavy atom. The van der Waals surface area contributed by atoms with Gasteiger partial charge in [0.25, 0.3) is 0 Å². The largest absolute Gasteiger partial charge is 0.497 e. The predicted octanol–water partition coefficient (Wildman–Crippen LogP) is 4.40. The van der Waals surface area contributed by atoms with Crippen molar-refractivity contribution in [3.05, 3.63) is 65.8 Å². The molecule has 0 bridgehead atoms. The highest BCUT2D eigenvalue weighted by Gasteiger charge is 2.14. The van der Waals surface area contributed by atoms with Crippen LogP contribution in [0.4, 0.5) is 0 Å². The number of aromatic nitrogens is 3. The van der Waals surface area contributed by atoms with Crippen molar-refractivity contribution in [2.45, 2.75) is 6.54 Å². The number of furan rings is 1. The quantitative estimate of drug-likeness (QED) is 0.517. The maximum Gasteiger partial charge on any atom is 0.154 e. The van der Waals surface area contributed by atoms with Gasteiger partial charge in [-0.1, -0.05) is 23.7 Å². The molecule has 6 heteroatoms. The van der Waals surface area contributed by atoms with E-state index in [-0.39, 0.29) is 0 Å². The second-order valence-corrected chi connectivity index (χ2v) is 5.75. The normalized spacial score (nSPS) is 11.1. The van der Waals surface area contributed by atoms with E-state index in [9.17, 15) is 0 Å². The van der Waals surface area contributed by atoms with Crippen molar-refractivity contribution >= 4 is 22.6 Å². The van der Waals surface area contributed by atoms with Crippen LogP contribution in [0, 0.1) is 0 Å². The molecule has 0 fully saturated rings. The summed E-state index contributed by atoms with van der Waals surface area (Å²) in [5.74, 6) is 1.48. The third-order valence-corrected chi connectivity index (χ3v) is 4.04. The number of pyridine rings is 1. The van der Waals surface area contributed by atoms with Gasteiger partial charge in [-0.25, -0.2) is 9.97 Å². The fraction of sp³-hybridized carbons (Fsp3) is 0.111. The number of methoxy groups -OCH3 is 1. The highest BCUT2D eigenvalue weighted by molar-refractivity contribution is 6.30. The van der Waals surface area contributed by atoms with Crippen molar-refractivity contribution in [1.29, 1.82) is 0 Å². The number of hydrogen-bond donors (Lipinski definition) is 0. The molecule has 0 aliphatic carbocycles. The van der Waals surface area contributed by atoms with Gasteiger partial charge in [0.2, 0.25) is 0 Å². The molecule has 0 aliphatic heterocycles. The average Bonchev–Trinajstić information content (AvgIpc) is 3.26. The summed E-state index contributed by atoms with van der Waals surface area (Å²) in [6, 6.07) is 13.4. The number of ether oxygens (including phenoxy) is 1. The van der Waals surface area contributed by atoms with Gasteiger partial charge in [0.15, 0.2) is 5.76 Å².